The van der Waals surface area contributed by atoms with Gasteiger partial charge in [0.25, 0.3) is 0 Å². The zero-order chi connectivity index (χ0) is 11.4. The van der Waals surface area contributed by atoms with E-state index in [9.17, 15) is 5.11 Å². The van der Waals surface area contributed by atoms with Gasteiger partial charge in [0.05, 0.1) is 0 Å². The lowest BCUT2D eigenvalue weighted by molar-refractivity contribution is 0.447. The Hall–Kier alpha value is -0.690. The van der Waals surface area contributed by atoms with Crippen molar-refractivity contribution < 1.29 is 5.11 Å². The minimum absolute atomic E-state index is 0.0331. The number of aromatic hydroxyl groups is 1. The highest BCUT2D eigenvalue weighted by Crippen LogP contribution is 2.32. The normalized spacial score (nSPS) is 10.4. The van der Waals surface area contributed by atoms with E-state index >= 15 is 0 Å². The van der Waals surface area contributed by atoms with Crippen LogP contribution >= 0.6 is 11.6 Å². The van der Waals surface area contributed by atoms with E-state index in [-0.39, 0.29) is 11.2 Å². The molecule has 2 heteroatoms. The Bertz CT molecular complexity index is 287. The van der Waals surface area contributed by atoms with Crippen molar-refractivity contribution in [1.82, 2.24) is 0 Å². The molecule has 0 aromatic heterocycles. The summed E-state index contributed by atoms with van der Waals surface area (Å²) in [5.41, 5.74) is 0.890. The standard InChI is InChI=1S/C10H13ClO.C2H6/c1-10(2,3)8-5-4-7(11)6-9(8)12;1-2/h4-6,12H,1-3H3;1-2H3. The molecule has 0 spiro atoms. The zero-order valence-corrected chi connectivity index (χ0v) is 10.3. The van der Waals surface area contributed by atoms with Gasteiger partial charge in [-0.3, -0.25) is 0 Å². The van der Waals surface area contributed by atoms with Gasteiger partial charge in [0.15, 0.2) is 0 Å². The minimum Gasteiger partial charge on any atom is -0.508 e. The van der Waals surface area contributed by atoms with Gasteiger partial charge < -0.3 is 5.11 Å². The molecule has 0 fully saturated rings. The van der Waals surface area contributed by atoms with Gasteiger partial charge in [0, 0.05) is 5.02 Å². The van der Waals surface area contributed by atoms with E-state index in [1.807, 2.05) is 19.9 Å². The summed E-state index contributed by atoms with van der Waals surface area (Å²) in [4.78, 5) is 0. The molecule has 0 bridgehead atoms. The summed E-state index contributed by atoms with van der Waals surface area (Å²) < 4.78 is 0. The van der Waals surface area contributed by atoms with Crippen LogP contribution in [-0.4, -0.2) is 5.11 Å². The van der Waals surface area contributed by atoms with Gasteiger partial charge in [-0.15, -0.1) is 0 Å². The number of halogens is 1. The lowest BCUT2D eigenvalue weighted by Gasteiger charge is -2.20. The van der Waals surface area contributed by atoms with E-state index in [1.54, 1.807) is 12.1 Å². The van der Waals surface area contributed by atoms with Crippen molar-refractivity contribution in [3.8, 4) is 5.75 Å². The van der Waals surface area contributed by atoms with Crippen LogP contribution in [0.15, 0.2) is 18.2 Å². The third kappa shape index (κ3) is 3.59. The Morgan fingerprint density at radius 2 is 1.64 bits per heavy atom. The molecule has 0 saturated carbocycles. The SMILES string of the molecule is CC.CC(C)(C)c1ccc(Cl)cc1O. The molecule has 0 amide bonds. The smallest absolute Gasteiger partial charge is 0.120 e. The predicted molar refractivity (Wildman–Crippen MR) is 63.2 cm³/mol. The zero-order valence-electron chi connectivity index (χ0n) is 9.56. The van der Waals surface area contributed by atoms with Crippen molar-refractivity contribution >= 4 is 11.6 Å². The first-order chi connectivity index (χ1) is 6.41. The van der Waals surface area contributed by atoms with Crippen LogP contribution in [-0.2, 0) is 5.41 Å². The molecule has 0 atom stereocenters. The Labute approximate surface area is 91.7 Å². The van der Waals surface area contributed by atoms with E-state index in [0.717, 1.165) is 5.56 Å². The number of rotatable bonds is 0. The Balaban J connectivity index is 0.000000791. The van der Waals surface area contributed by atoms with Crippen LogP contribution < -0.4 is 0 Å². The molecule has 0 radical (unpaired) electrons. The van der Waals surface area contributed by atoms with Crippen LogP contribution in [0, 0.1) is 0 Å². The molecule has 14 heavy (non-hydrogen) atoms. The van der Waals surface area contributed by atoms with Crippen LogP contribution in [0.1, 0.15) is 40.2 Å². The molecule has 1 aromatic rings. The van der Waals surface area contributed by atoms with Crippen molar-refractivity contribution in [1.29, 1.82) is 0 Å². The third-order valence-corrected chi connectivity index (χ3v) is 2.00. The van der Waals surface area contributed by atoms with Gasteiger partial charge in [-0.25, -0.2) is 0 Å². The lowest BCUT2D eigenvalue weighted by atomic mass is 9.86. The molecule has 0 saturated heterocycles. The summed E-state index contributed by atoms with van der Waals surface area (Å²) in [5, 5.41) is 10.1. The molecule has 1 N–H and O–H groups in total. The highest BCUT2D eigenvalue weighted by atomic mass is 35.5. The minimum atomic E-state index is -0.0331. The molecule has 80 valence electrons. The summed E-state index contributed by atoms with van der Waals surface area (Å²) in [6, 6.07) is 5.22. The number of phenolic OH excluding ortho intramolecular Hbond substituents is 1. The average Bonchev–Trinajstić information content (AvgIpc) is 2.05. The summed E-state index contributed by atoms with van der Waals surface area (Å²) in [7, 11) is 0. The van der Waals surface area contributed by atoms with Gasteiger partial charge in [-0.2, -0.15) is 0 Å². The average molecular weight is 215 g/mol. The highest BCUT2D eigenvalue weighted by molar-refractivity contribution is 6.30. The molecule has 1 aromatic carbocycles. The van der Waals surface area contributed by atoms with Crippen LogP contribution in [0.2, 0.25) is 5.02 Å². The van der Waals surface area contributed by atoms with Gasteiger partial charge in [0.2, 0.25) is 0 Å². The topological polar surface area (TPSA) is 20.2 Å². The maximum Gasteiger partial charge on any atom is 0.120 e. The van der Waals surface area contributed by atoms with Gasteiger partial charge in [-0.05, 0) is 23.1 Å². The predicted octanol–water partition coefficient (Wildman–Crippen LogP) is 4.37. The molecular formula is C12H19ClO. The van der Waals surface area contributed by atoms with E-state index in [1.165, 1.54) is 0 Å². The van der Waals surface area contributed by atoms with Crippen molar-refractivity contribution in [3.63, 3.8) is 0 Å². The lowest BCUT2D eigenvalue weighted by Crippen LogP contribution is -2.10. The third-order valence-electron chi connectivity index (χ3n) is 1.77. The summed E-state index contributed by atoms with van der Waals surface area (Å²) in [6.45, 7) is 10.2. The Morgan fingerprint density at radius 1 is 1.14 bits per heavy atom. The Morgan fingerprint density at radius 3 is 2.00 bits per heavy atom. The molecular weight excluding hydrogens is 196 g/mol. The maximum atomic E-state index is 9.54. The van der Waals surface area contributed by atoms with Crippen molar-refractivity contribution in [2.24, 2.45) is 0 Å². The van der Waals surface area contributed by atoms with Crippen molar-refractivity contribution in [3.05, 3.63) is 28.8 Å². The maximum absolute atomic E-state index is 9.54. The number of hydrogen-bond donors (Lipinski definition) is 1. The summed E-state index contributed by atoms with van der Waals surface area (Å²) in [5.74, 6) is 0.273. The van der Waals surface area contributed by atoms with Gasteiger partial charge in [-0.1, -0.05) is 52.3 Å². The summed E-state index contributed by atoms with van der Waals surface area (Å²) >= 11 is 5.71. The van der Waals surface area contributed by atoms with Gasteiger partial charge >= 0.3 is 0 Å². The second kappa shape index (κ2) is 5.26. The molecule has 0 aliphatic carbocycles. The van der Waals surface area contributed by atoms with Crippen LogP contribution in [0.3, 0.4) is 0 Å². The second-order valence-corrected chi connectivity index (χ2v) is 4.35. The monoisotopic (exact) mass is 214 g/mol. The molecule has 0 aliphatic heterocycles. The summed E-state index contributed by atoms with van der Waals surface area (Å²) in [6.07, 6.45) is 0. The van der Waals surface area contributed by atoms with Crippen LogP contribution in [0.4, 0.5) is 0 Å². The number of phenols is 1. The first kappa shape index (κ1) is 13.3. The molecule has 1 rings (SSSR count). The van der Waals surface area contributed by atoms with Crippen molar-refractivity contribution in [2.75, 3.05) is 0 Å². The number of benzene rings is 1. The fourth-order valence-corrected chi connectivity index (χ4v) is 1.31. The fourth-order valence-electron chi connectivity index (χ4n) is 1.14. The quantitative estimate of drug-likeness (QED) is 0.680. The molecule has 0 heterocycles. The van der Waals surface area contributed by atoms with Crippen molar-refractivity contribution in [2.45, 2.75) is 40.0 Å². The molecule has 0 unspecified atom stereocenters. The van der Waals surface area contributed by atoms with E-state index in [2.05, 4.69) is 20.8 Å². The van der Waals surface area contributed by atoms with E-state index in [0.29, 0.717) is 5.02 Å². The van der Waals surface area contributed by atoms with E-state index < -0.39 is 0 Å². The first-order valence-corrected chi connectivity index (χ1v) is 5.28. The van der Waals surface area contributed by atoms with E-state index in [4.69, 9.17) is 11.6 Å². The van der Waals surface area contributed by atoms with Crippen LogP contribution in [0.25, 0.3) is 0 Å². The second-order valence-electron chi connectivity index (χ2n) is 3.91. The highest BCUT2D eigenvalue weighted by Gasteiger charge is 2.17. The molecule has 1 nitrogen and oxygen atoms in total. The molecule has 0 aliphatic rings. The van der Waals surface area contributed by atoms with Crippen LogP contribution in [0.5, 0.6) is 5.75 Å². The largest absolute Gasteiger partial charge is 0.508 e. The Kier molecular flexibility index (Phi) is 5.00. The first-order valence-electron chi connectivity index (χ1n) is 4.90. The fraction of sp³-hybridized carbons (Fsp3) is 0.500. The van der Waals surface area contributed by atoms with Gasteiger partial charge in [0.1, 0.15) is 5.75 Å². The number of hydrogen-bond acceptors (Lipinski definition) is 1.